The average molecular weight is 533 g/mol. The van der Waals surface area contributed by atoms with Crippen LogP contribution in [0.15, 0.2) is 36.7 Å². The van der Waals surface area contributed by atoms with Crippen molar-refractivity contribution >= 4 is 45.0 Å². The van der Waals surface area contributed by atoms with Crippen molar-refractivity contribution in [1.82, 2.24) is 25.1 Å². The van der Waals surface area contributed by atoms with Gasteiger partial charge in [-0.05, 0) is 44.5 Å². The van der Waals surface area contributed by atoms with E-state index < -0.39 is 5.82 Å². The third-order valence-electron chi connectivity index (χ3n) is 7.38. The van der Waals surface area contributed by atoms with E-state index in [2.05, 4.69) is 44.8 Å². The highest BCUT2D eigenvalue weighted by Gasteiger charge is 2.25. The highest BCUT2D eigenvalue weighted by atomic mass is 19.1. The molecule has 4 aromatic rings. The van der Waals surface area contributed by atoms with E-state index in [0.29, 0.717) is 52.6 Å². The fourth-order valence-electron chi connectivity index (χ4n) is 5.64. The third-order valence-corrected chi connectivity index (χ3v) is 7.38. The minimum Gasteiger partial charge on any atom is -0.381 e. The van der Waals surface area contributed by atoms with Crippen molar-refractivity contribution in [3.63, 3.8) is 0 Å². The number of aromatic nitrogens is 4. The van der Waals surface area contributed by atoms with Gasteiger partial charge in [0.05, 0.1) is 17.7 Å². The number of hydrogen-bond donors (Lipinski definition) is 3. The van der Waals surface area contributed by atoms with Gasteiger partial charge in [-0.2, -0.15) is 5.10 Å². The maximum absolute atomic E-state index is 14.7. The quantitative estimate of drug-likeness (QED) is 0.346. The molecule has 0 unspecified atom stereocenters. The molecule has 6 rings (SSSR count). The molecular formula is C28H33FN8O2. The van der Waals surface area contributed by atoms with Gasteiger partial charge in [0.1, 0.15) is 5.52 Å². The molecule has 0 bridgehead atoms. The Hall–Kier alpha value is -3.83. The Morgan fingerprint density at radius 3 is 2.79 bits per heavy atom. The van der Waals surface area contributed by atoms with Gasteiger partial charge in [-0.25, -0.2) is 14.4 Å². The zero-order valence-corrected chi connectivity index (χ0v) is 22.4. The summed E-state index contributed by atoms with van der Waals surface area (Å²) in [6.07, 6.45) is 4.50. The Labute approximate surface area is 225 Å². The molecule has 2 aliphatic heterocycles. The number of halogens is 1. The maximum atomic E-state index is 14.7. The van der Waals surface area contributed by atoms with Crippen LogP contribution in [0, 0.1) is 11.7 Å². The summed E-state index contributed by atoms with van der Waals surface area (Å²) in [5.41, 5.74) is 2.55. The summed E-state index contributed by atoms with van der Waals surface area (Å²) in [5.74, 6) is 0.00493. The first-order valence-electron chi connectivity index (χ1n) is 13.4. The van der Waals surface area contributed by atoms with Gasteiger partial charge in [0.2, 0.25) is 5.95 Å². The molecule has 4 heterocycles. The van der Waals surface area contributed by atoms with Gasteiger partial charge >= 0.3 is 0 Å². The van der Waals surface area contributed by atoms with E-state index in [4.69, 9.17) is 9.72 Å². The molecule has 1 amide bonds. The normalized spacial score (nSPS) is 21.5. The standard InChI is InChI=1S/C28H33FN8O2/c1-16-12-37(13-17(2)32-16)24-5-4-21(26-22(24)11-31-28(34-26)30-10-18-6-7-39-15-18)27(38)33-20-8-19-14-36(3)35-25(19)23(29)9-20/h4-5,8-9,11,14,16-18,32H,6-7,10,12-13,15H2,1-3H3,(H,33,38)(H,30,31,34)/t16-,17+,18-/m1/s1. The zero-order valence-electron chi connectivity index (χ0n) is 22.4. The molecule has 2 saturated heterocycles. The number of carbonyl (C=O) groups is 1. The molecule has 3 atom stereocenters. The number of rotatable bonds is 6. The summed E-state index contributed by atoms with van der Waals surface area (Å²) in [5, 5.41) is 15.3. The number of ether oxygens (including phenoxy) is 1. The van der Waals surface area contributed by atoms with Gasteiger partial charge in [-0.3, -0.25) is 9.48 Å². The number of aryl methyl sites for hydroxylation is 1. The Kier molecular flexibility index (Phi) is 6.78. The first-order chi connectivity index (χ1) is 18.8. The highest BCUT2D eigenvalue weighted by molar-refractivity contribution is 6.14. The van der Waals surface area contributed by atoms with Crippen molar-refractivity contribution in [2.24, 2.45) is 13.0 Å². The van der Waals surface area contributed by atoms with Gasteiger partial charge in [-0.1, -0.05) is 0 Å². The third kappa shape index (κ3) is 5.24. The minimum absolute atomic E-state index is 0.265. The van der Waals surface area contributed by atoms with Crippen LogP contribution in [0.5, 0.6) is 0 Å². The lowest BCUT2D eigenvalue weighted by Gasteiger charge is -2.38. The Bertz CT molecular complexity index is 1520. The molecular weight excluding hydrogens is 499 g/mol. The molecule has 2 aromatic carbocycles. The summed E-state index contributed by atoms with van der Waals surface area (Å²) >= 11 is 0. The molecule has 2 fully saturated rings. The predicted molar refractivity (Wildman–Crippen MR) is 150 cm³/mol. The predicted octanol–water partition coefficient (Wildman–Crippen LogP) is 3.54. The highest BCUT2D eigenvalue weighted by Crippen LogP contribution is 2.31. The van der Waals surface area contributed by atoms with Crippen LogP contribution in [-0.4, -0.2) is 70.6 Å². The lowest BCUT2D eigenvalue weighted by molar-refractivity contribution is 0.102. The number of carbonyl (C=O) groups excluding carboxylic acids is 1. The van der Waals surface area contributed by atoms with Gasteiger partial charge in [0.25, 0.3) is 5.91 Å². The number of anilines is 3. The van der Waals surface area contributed by atoms with E-state index in [9.17, 15) is 9.18 Å². The van der Waals surface area contributed by atoms with E-state index in [1.165, 1.54) is 6.07 Å². The molecule has 0 radical (unpaired) electrons. The van der Waals surface area contributed by atoms with Gasteiger partial charge in [0.15, 0.2) is 5.82 Å². The smallest absolute Gasteiger partial charge is 0.257 e. The number of benzene rings is 2. The van der Waals surface area contributed by atoms with Crippen LogP contribution in [-0.2, 0) is 11.8 Å². The summed E-state index contributed by atoms with van der Waals surface area (Å²) in [6.45, 7) is 8.17. The molecule has 0 spiro atoms. The number of hydrogen-bond acceptors (Lipinski definition) is 8. The first-order valence-corrected chi connectivity index (χ1v) is 13.4. The van der Waals surface area contributed by atoms with E-state index in [0.717, 1.165) is 43.8 Å². The first kappa shape index (κ1) is 25.4. The Balaban J connectivity index is 1.36. The van der Waals surface area contributed by atoms with E-state index in [1.54, 1.807) is 36.3 Å². The molecule has 2 aromatic heterocycles. The number of nitrogens with one attached hydrogen (secondary N) is 3. The average Bonchev–Trinajstić information content (AvgIpc) is 3.55. The van der Waals surface area contributed by atoms with Crippen molar-refractivity contribution < 1.29 is 13.9 Å². The van der Waals surface area contributed by atoms with E-state index in [-0.39, 0.29) is 11.4 Å². The molecule has 3 N–H and O–H groups in total. The van der Waals surface area contributed by atoms with Gasteiger partial charge in [-0.15, -0.1) is 0 Å². The van der Waals surface area contributed by atoms with Crippen molar-refractivity contribution in [1.29, 1.82) is 0 Å². The molecule has 2 aliphatic rings. The van der Waals surface area contributed by atoms with Crippen LogP contribution in [0.25, 0.3) is 21.8 Å². The number of fused-ring (bicyclic) bond motifs is 2. The number of piperazine rings is 1. The molecule has 0 saturated carbocycles. The fraction of sp³-hybridized carbons (Fsp3) is 0.429. The van der Waals surface area contributed by atoms with Crippen LogP contribution in [0.1, 0.15) is 30.6 Å². The summed E-state index contributed by atoms with van der Waals surface area (Å²) in [4.78, 5) is 25.3. The summed E-state index contributed by atoms with van der Waals surface area (Å²) < 4.78 is 21.7. The monoisotopic (exact) mass is 532 g/mol. The SMILES string of the molecule is C[C@@H]1CN(c2ccc(C(=O)Nc3cc(F)c4nn(C)cc4c3)c3nc(NC[C@H]4CCOC4)ncc23)C[C@H](C)N1. The Morgan fingerprint density at radius 2 is 2.03 bits per heavy atom. The molecule has 204 valence electrons. The maximum Gasteiger partial charge on any atom is 0.257 e. The van der Waals surface area contributed by atoms with E-state index in [1.807, 2.05) is 6.07 Å². The molecule has 10 nitrogen and oxygen atoms in total. The summed E-state index contributed by atoms with van der Waals surface area (Å²) in [6, 6.07) is 7.40. The van der Waals surface area contributed by atoms with Crippen LogP contribution < -0.4 is 20.9 Å². The second-order valence-electron chi connectivity index (χ2n) is 10.7. The number of amides is 1. The van der Waals surface area contributed by atoms with Gasteiger partial charge < -0.3 is 25.6 Å². The largest absolute Gasteiger partial charge is 0.381 e. The van der Waals surface area contributed by atoms with Crippen molar-refractivity contribution in [3.8, 4) is 0 Å². The van der Waals surface area contributed by atoms with Crippen LogP contribution in [0.3, 0.4) is 0 Å². The lowest BCUT2D eigenvalue weighted by atomic mass is 10.0. The van der Waals surface area contributed by atoms with Crippen LogP contribution in [0.2, 0.25) is 0 Å². The van der Waals surface area contributed by atoms with E-state index >= 15 is 0 Å². The van der Waals surface area contributed by atoms with Crippen molar-refractivity contribution in [2.75, 3.05) is 48.4 Å². The fourth-order valence-corrected chi connectivity index (χ4v) is 5.64. The van der Waals surface area contributed by atoms with Gasteiger partial charge in [0, 0.05) is 85.8 Å². The van der Waals surface area contributed by atoms with Crippen molar-refractivity contribution in [2.45, 2.75) is 32.4 Å². The number of nitrogens with zero attached hydrogens (tertiary/aromatic N) is 5. The Morgan fingerprint density at radius 1 is 1.21 bits per heavy atom. The second kappa shape index (κ2) is 10.4. The van der Waals surface area contributed by atoms with Crippen LogP contribution >= 0.6 is 0 Å². The molecule has 11 heteroatoms. The zero-order chi connectivity index (χ0) is 27.1. The second-order valence-corrected chi connectivity index (χ2v) is 10.7. The van der Waals surface area contributed by atoms with Crippen LogP contribution in [0.4, 0.5) is 21.7 Å². The summed E-state index contributed by atoms with van der Waals surface area (Å²) in [7, 11) is 1.73. The topological polar surface area (TPSA) is 109 Å². The molecule has 0 aliphatic carbocycles. The lowest BCUT2D eigenvalue weighted by Crippen LogP contribution is -2.54. The molecule has 39 heavy (non-hydrogen) atoms. The van der Waals surface area contributed by atoms with Crippen molar-refractivity contribution in [3.05, 3.63) is 48.0 Å². The minimum atomic E-state index is -0.491.